The van der Waals surface area contributed by atoms with Crippen LogP contribution in [0.1, 0.15) is 11.7 Å². The largest absolute Gasteiger partial charge is 0.389 e. The summed E-state index contributed by atoms with van der Waals surface area (Å²) >= 11 is 3.97. The van der Waals surface area contributed by atoms with Crippen molar-refractivity contribution in [1.82, 2.24) is 0 Å². The van der Waals surface area contributed by atoms with Crippen molar-refractivity contribution in [1.29, 1.82) is 0 Å². The highest BCUT2D eigenvalue weighted by Crippen LogP contribution is 2.23. The smallest absolute Gasteiger partial charge is 0.106 e. The molecule has 0 fully saturated rings. The quantitative estimate of drug-likeness (QED) is 0.740. The van der Waals surface area contributed by atoms with Gasteiger partial charge in [-0.15, -0.1) is 0 Å². The molecule has 18 heavy (non-hydrogen) atoms. The Kier molecular flexibility index (Phi) is 4.42. The van der Waals surface area contributed by atoms with Crippen LogP contribution in [0.15, 0.2) is 54.6 Å². The van der Waals surface area contributed by atoms with Gasteiger partial charge in [-0.1, -0.05) is 54.6 Å². The van der Waals surface area contributed by atoms with Gasteiger partial charge < -0.3 is 10.2 Å². The van der Waals surface area contributed by atoms with Gasteiger partial charge in [-0.3, -0.25) is 0 Å². The molecule has 2 unspecified atom stereocenters. The minimum atomic E-state index is -0.882. The molecule has 0 saturated heterocycles. The minimum absolute atomic E-state index is 0.238. The van der Waals surface area contributed by atoms with Crippen molar-refractivity contribution in [3.05, 3.63) is 60.2 Å². The van der Waals surface area contributed by atoms with Crippen molar-refractivity contribution < 1.29 is 10.2 Å². The molecule has 0 amide bonds. The van der Waals surface area contributed by atoms with Crippen LogP contribution < -0.4 is 0 Å². The zero-order chi connectivity index (χ0) is 13.0. The number of benzene rings is 2. The normalized spacial score (nSPS) is 14.2. The molecule has 0 bridgehead atoms. The Morgan fingerprint density at radius 2 is 1.39 bits per heavy atom. The molecule has 0 radical (unpaired) electrons. The van der Waals surface area contributed by atoms with Crippen LogP contribution in [0.4, 0.5) is 0 Å². The number of rotatable bonds is 4. The summed E-state index contributed by atoms with van der Waals surface area (Å²) < 4.78 is 0. The molecule has 0 aliphatic heterocycles. The van der Waals surface area contributed by atoms with E-state index in [1.54, 1.807) is 0 Å². The topological polar surface area (TPSA) is 40.5 Å². The van der Waals surface area contributed by atoms with Gasteiger partial charge in [-0.2, -0.15) is 12.6 Å². The van der Waals surface area contributed by atoms with Gasteiger partial charge in [0.25, 0.3) is 0 Å². The van der Waals surface area contributed by atoms with Crippen LogP contribution in [-0.2, 0) is 0 Å². The van der Waals surface area contributed by atoms with Crippen molar-refractivity contribution in [3.8, 4) is 11.1 Å². The van der Waals surface area contributed by atoms with Crippen LogP contribution >= 0.6 is 12.6 Å². The molecule has 0 aliphatic carbocycles. The molecule has 2 N–H and O–H groups in total. The summed E-state index contributed by atoms with van der Waals surface area (Å²) in [5, 5.41) is 19.4. The molecule has 0 aliphatic rings. The van der Waals surface area contributed by atoms with Gasteiger partial charge in [0.05, 0.1) is 6.10 Å². The van der Waals surface area contributed by atoms with E-state index in [0.717, 1.165) is 11.1 Å². The lowest BCUT2D eigenvalue weighted by molar-refractivity contribution is 0.0338. The monoisotopic (exact) mass is 260 g/mol. The molecule has 0 saturated carbocycles. The van der Waals surface area contributed by atoms with E-state index in [1.807, 2.05) is 54.6 Å². The highest BCUT2D eigenvalue weighted by Gasteiger charge is 2.16. The zero-order valence-electron chi connectivity index (χ0n) is 9.90. The molecule has 0 aromatic heterocycles. The predicted molar refractivity (Wildman–Crippen MR) is 76.7 cm³/mol. The summed E-state index contributed by atoms with van der Waals surface area (Å²) in [4.78, 5) is 0. The van der Waals surface area contributed by atoms with Crippen molar-refractivity contribution in [2.24, 2.45) is 0 Å². The van der Waals surface area contributed by atoms with E-state index in [-0.39, 0.29) is 5.75 Å². The Morgan fingerprint density at radius 3 is 1.94 bits per heavy atom. The average Bonchev–Trinajstić information content (AvgIpc) is 2.47. The zero-order valence-corrected chi connectivity index (χ0v) is 10.8. The fourth-order valence-corrected chi connectivity index (χ4v) is 2.03. The summed E-state index contributed by atoms with van der Waals surface area (Å²) in [5.74, 6) is 0.238. The SMILES string of the molecule is OC(CS)C(O)c1ccc(-c2ccccc2)cc1. The summed E-state index contributed by atoms with van der Waals surface area (Å²) in [5.41, 5.74) is 2.93. The van der Waals surface area contributed by atoms with Crippen LogP contribution in [0, 0.1) is 0 Å². The molecule has 2 nitrogen and oxygen atoms in total. The molecule has 0 heterocycles. The third-order valence-corrected chi connectivity index (χ3v) is 3.28. The first-order valence-corrected chi connectivity index (χ1v) is 6.48. The van der Waals surface area contributed by atoms with E-state index in [9.17, 15) is 10.2 Å². The number of aliphatic hydroxyl groups is 2. The lowest BCUT2D eigenvalue weighted by atomic mass is 10.0. The Morgan fingerprint density at radius 1 is 0.833 bits per heavy atom. The van der Waals surface area contributed by atoms with Gasteiger partial charge in [-0.25, -0.2) is 0 Å². The molecule has 0 spiro atoms. The highest BCUT2D eigenvalue weighted by molar-refractivity contribution is 7.80. The summed E-state index contributed by atoms with van der Waals surface area (Å²) in [6.07, 6.45) is -1.72. The second-order valence-corrected chi connectivity index (χ2v) is 4.55. The predicted octanol–water partition coefficient (Wildman–Crippen LogP) is 2.68. The minimum Gasteiger partial charge on any atom is -0.389 e. The van der Waals surface area contributed by atoms with Crippen molar-refractivity contribution >= 4 is 12.6 Å². The molecule has 2 aromatic carbocycles. The van der Waals surface area contributed by atoms with E-state index < -0.39 is 12.2 Å². The van der Waals surface area contributed by atoms with Gasteiger partial charge >= 0.3 is 0 Å². The number of thiol groups is 1. The standard InChI is InChI=1S/C15H16O2S/c16-14(10-18)15(17)13-8-6-12(7-9-13)11-4-2-1-3-5-11/h1-9,14-18H,10H2. The Labute approximate surface area is 112 Å². The first-order chi connectivity index (χ1) is 8.72. The van der Waals surface area contributed by atoms with E-state index in [1.165, 1.54) is 0 Å². The molecule has 94 valence electrons. The lowest BCUT2D eigenvalue weighted by Gasteiger charge is -2.16. The van der Waals surface area contributed by atoms with Crippen LogP contribution in [0.3, 0.4) is 0 Å². The maximum atomic E-state index is 9.85. The fourth-order valence-electron chi connectivity index (χ4n) is 1.83. The Bertz CT molecular complexity index is 482. The van der Waals surface area contributed by atoms with E-state index in [0.29, 0.717) is 5.56 Å². The van der Waals surface area contributed by atoms with E-state index in [4.69, 9.17) is 0 Å². The molecular formula is C15H16O2S. The molecular weight excluding hydrogens is 244 g/mol. The van der Waals surface area contributed by atoms with Crippen LogP contribution in [0.25, 0.3) is 11.1 Å². The first-order valence-electron chi connectivity index (χ1n) is 5.84. The first kappa shape index (κ1) is 13.1. The summed E-state index contributed by atoms with van der Waals surface area (Å²) in [6.45, 7) is 0. The van der Waals surface area contributed by atoms with Crippen molar-refractivity contribution in [3.63, 3.8) is 0 Å². The van der Waals surface area contributed by atoms with Gasteiger partial charge in [0.15, 0.2) is 0 Å². The Balaban J connectivity index is 2.20. The van der Waals surface area contributed by atoms with Gasteiger partial charge in [0, 0.05) is 5.75 Å². The molecule has 2 rings (SSSR count). The lowest BCUT2D eigenvalue weighted by Crippen LogP contribution is -2.19. The van der Waals surface area contributed by atoms with Gasteiger partial charge in [-0.05, 0) is 16.7 Å². The number of hydrogen-bond acceptors (Lipinski definition) is 3. The number of hydrogen-bond donors (Lipinski definition) is 3. The second-order valence-electron chi connectivity index (χ2n) is 4.18. The maximum absolute atomic E-state index is 9.85. The van der Waals surface area contributed by atoms with E-state index >= 15 is 0 Å². The van der Waals surface area contributed by atoms with E-state index in [2.05, 4.69) is 12.6 Å². The molecule has 3 heteroatoms. The average molecular weight is 260 g/mol. The number of aliphatic hydroxyl groups excluding tert-OH is 2. The third kappa shape index (κ3) is 2.93. The van der Waals surface area contributed by atoms with Gasteiger partial charge in [0.1, 0.15) is 6.10 Å². The van der Waals surface area contributed by atoms with Crippen molar-refractivity contribution in [2.75, 3.05) is 5.75 Å². The summed E-state index contributed by atoms with van der Waals surface area (Å²) in [7, 11) is 0. The Hall–Kier alpha value is -1.29. The van der Waals surface area contributed by atoms with Gasteiger partial charge in [0.2, 0.25) is 0 Å². The van der Waals surface area contributed by atoms with Crippen LogP contribution in [0.2, 0.25) is 0 Å². The molecule has 2 aromatic rings. The van der Waals surface area contributed by atoms with Crippen LogP contribution in [-0.4, -0.2) is 22.1 Å². The maximum Gasteiger partial charge on any atom is 0.106 e. The second kappa shape index (κ2) is 6.05. The molecule has 2 atom stereocenters. The highest BCUT2D eigenvalue weighted by atomic mass is 32.1. The third-order valence-electron chi connectivity index (χ3n) is 2.91. The summed E-state index contributed by atoms with van der Waals surface area (Å²) in [6, 6.07) is 17.6. The fraction of sp³-hybridized carbons (Fsp3) is 0.200. The van der Waals surface area contributed by atoms with Crippen molar-refractivity contribution in [2.45, 2.75) is 12.2 Å². The van der Waals surface area contributed by atoms with Crippen LogP contribution in [0.5, 0.6) is 0 Å².